The number of thioether (sulfide) groups is 2. The van der Waals surface area contributed by atoms with Crippen molar-refractivity contribution in [3.63, 3.8) is 0 Å². The standard InChI is InChI=1S/C20H24N2O3S2/c1-14(27-16-11-9-15(25-3)10-12-16)20(24)22(2)13-19(23)21-17-7-5-6-8-18(17)26-4/h5-12,14H,13H2,1-4H3,(H,21,23). The molecule has 0 saturated carbocycles. The summed E-state index contributed by atoms with van der Waals surface area (Å²) in [6.45, 7) is 1.85. The summed E-state index contributed by atoms with van der Waals surface area (Å²) in [5.41, 5.74) is 0.761. The van der Waals surface area contributed by atoms with Crippen LogP contribution in [0, 0.1) is 0 Å². The molecule has 2 aromatic carbocycles. The maximum Gasteiger partial charge on any atom is 0.244 e. The van der Waals surface area contributed by atoms with Crippen molar-refractivity contribution in [3.05, 3.63) is 48.5 Å². The molecular weight excluding hydrogens is 380 g/mol. The van der Waals surface area contributed by atoms with E-state index < -0.39 is 0 Å². The maximum atomic E-state index is 12.6. The van der Waals surface area contributed by atoms with Gasteiger partial charge in [-0.2, -0.15) is 0 Å². The normalized spacial score (nSPS) is 11.6. The van der Waals surface area contributed by atoms with E-state index in [-0.39, 0.29) is 23.6 Å². The summed E-state index contributed by atoms with van der Waals surface area (Å²) in [6, 6.07) is 15.2. The molecule has 7 heteroatoms. The molecule has 0 bridgehead atoms. The lowest BCUT2D eigenvalue weighted by Gasteiger charge is -2.21. The number of hydrogen-bond acceptors (Lipinski definition) is 5. The zero-order chi connectivity index (χ0) is 19.8. The fraction of sp³-hybridized carbons (Fsp3) is 0.300. The van der Waals surface area contributed by atoms with Crippen molar-refractivity contribution in [2.75, 3.05) is 32.3 Å². The van der Waals surface area contributed by atoms with Gasteiger partial charge >= 0.3 is 0 Å². The summed E-state index contributed by atoms with van der Waals surface area (Å²) < 4.78 is 5.14. The molecule has 144 valence electrons. The van der Waals surface area contributed by atoms with Gasteiger partial charge in [-0.05, 0) is 49.6 Å². The first-order chi connectivity index (χ1) is 12.9. The summed E-state index contributed by atoms with van der Waals surface area (Å²) in [4.78, 5) is 28.3. The van der Waals surface area contributed by atoms with Gasteiger partial charge in [0.05, 0.1) is 24.6 Å². The molecule has 1 N–H and O–H groups in total. The quantitative estimate of drug-likeness (QED) is 0.674. The van der Waals surface area contributed by atoms with Crippen LogP contribution in [-0.4, -0.2) is 48.9 Å². The van der Waals surface area contributed by atoms with Crippen LogP contribution < -0.4 is 10.1 Å². The van der Waals surface area contributed by atoms with Crippen molar-refractivity contribution in [1.82, 2.24) is 4.90 Å². The number of methoxy groups -OCH3 is 1. The lowest BCUT2D eigenvalue weighted by Crippen LogP contribution is -2.38. The molecule has 0 fully saturated rings. The molecule has 0 radical (unpaired) electrons. The Morgan fingerprint density at radius 3 is 2.44 bits per heavy atom. The number of benzene rings is 2. The molecule has 0 aliphatic rings. The second-order valence-electron chi connectivity index (χ2n) is 5.88. The van der Waals surface area contributed by atoms with E-state index in [9.17, 15) is 9.59 Å². The number of amides is 2. The SMILES string of the molecule is COc1ccc(SC(C)C(=O)N(C)CC(=O)Nc2ccccc2SC)cc1. The van der Waals surface area contributed by atoms with E-state index in [1.54, 1.807) is 25.9 Å². The molecule has 5 nitrogen and oxygen atoms in total. The molecule has 0 spiro atoms. The van der Waals surface area contributed by atoms with Crippen LogP contribution in [0.4, 0.5) is 5.69 Å². The van der Waals surface area contributed by atoms with Crippen LogP contribution in [0.1, 0.15) is 6.92 Å². The maximum absolute atomic E-state index is 12.6. The first-order valence-electron chi connectivity index (χ1n) is 8.43. The zero-order valence-electron chi connectivity index (χ0n) is 15.9. The van der Waals surface area contributed by atoms with E-state index in [2.05, 4.69) is 5.32 Å². The highest BCUT2D eigenvalue weighted by atomic mass is 32.2. The third kappa shape index (κ3) is 6.22. The van der Waals surface area contributed by atoms with Crippen molar-refractivity contribution in [2.24, 2.45) is 0 Å². The van der Waals surface area contributed by atoms with E-state index in [0.717, 1.165) is 21.2 Å². The van der Waals surface area contributed by atoms with Crippen molar-refractivity contribution in [1.29, 1.82) is 0 Å². The Labute approximate surface area is 168 Å². The number of anilines is 1. The Kier molecular flexibility index (Phi) is 8.06. The van der Waals surface area contributed by atoms with Gasteiger partial charge in [-0.15, -0.1) is 23.5 Å². The van der Waals surface area contributed by atoms with Crippen LogP contribution in [0.5, 0.6) is 5.75 Å². The van der Waals surface area contributed by atoms with Gasteiger partial charge in [-0.1, -0.05) is 12.1 Å². The van der Waals surface area contributed by atoms with Gasteiger partial charge < -0.3 is 15.0 Å². The van der Waals surface area contributed by atoms with Crippen molar-refractivity contribution < 1.29 is 14.3 Å². The molecule has 0 aromatic heterocycles. The van der Waals surface area contributed by atoms with Gasteiger partial charge in [0.25, 0.3) is 0 Å². The van der Waals surface area contributed by atoms with E-state index in [1.165, 1.54) is 16.7 Å². The Morgan fingerprint density at radius 2 is 1.81 bits per heavy atom. The Balaban J connectivity index is 1.90. The fourth-order valence-electron chi connectivity index (χ4n) is 2.45. The molecule has 0 saturated heterocycles. The third-order valence-corrected chi connectivity index (χ3v) is 5.75. The van der Waals surface area contributed by atoms with Crippen LogP contribution in [0.15, 0.2) is 58.3 Å². The van der Waals surface area contributed by atoms with E-state index >= 15 is 0 Å². The van der Waals surface area contributed by atoms with Gasteiger partial charge in [-0.25, -0.2) is 0 Å². The number of carbonyl (C=O) groups is 2. The lowest BCUT2D eigenvalue weighted by atomic mass is 10.3. The first kappa shape index (κ1) is 21.2. The Morgan fingerprint density at radius 1 is 1.15 bits per heavy atom. The highest BCUT2D eigenvalue weighted by Crippen LogP contribution is 2.27. The minimum absolute atomic E-state index is 0.00899. The highest BCUT2D eigenvalue weighted by molar-refractivity contribution is 8.00. The number of rotatable bonds is 8. The summed E-state index contributed by atoms with van der Waals surface area (Å²) in [7, 11) is 3.26. The second-order valence-corrected chi connectivity index (χ2v) is 8.14. The zero-order valence-corrected chi connectivity index (χ0v) is 17.5. The highest BCUT2D eigenvalue weighted by Gasteiger charge is 2.21. The van der Waals surface area contributed by atoms with Crippen molar-refractivity contribution >= 4 is 41.0 Å². The number of likely N-dealkylation sites (N-methyl/N-ethyl adjacent to an activating group) is 1. The average molecular weight is 405 g/mol. The largest absolute Gasteiger partial charge is 0.497 e. The van der Waals surface area contributed by atoms with Crippen LogP contribution in [0.25, 0.3) is 0 Å². The third-order valence-electron chi connectivity index (χ3n) is 3.86. The fourth-order valence-corrected chi connectivity index (χ4v) is 3.99. The average Bonchev–Trinajstić information content (AvgIpc) is 2.68. The van der Waals surface area contributed by atoms with Gasteiger partial charge in [0.15, 0.2) is 0 Å². The summed E-state index contributed by atoms with van der Waals surface area (Å²) in [5.74, 6) is 0.468. The first-order valence-corrected chi connectivity index (χ1v) is 10.5. The molecule has 2 aromatic rings. The predicted octanol–water partition coefficient (Wildman–Crippen LogP) is 3.99. The number of carbonyl (C=O) groups excluding carboxylic acids is 2. The van der Waals surface area contributed by atoms with Gasteiger partial charge in [-0.3, -0.25) is 9.59 Å². The molecule has 27 heavy (non-hydrogen) atoms. The van der Waals surface area contributed by atoms with E-state index in [4.69, 9.17) is 4.74 Å². The van der Waals surface area contributed by atoms with Gasteiger partial charge in [0.2, 0.25) is 11.8 Å². The number of hydrogen-bond donors (Lipinski definition) is 1. The molecule has 2 rings (SSSR count). The predicted molar refractivity (Wildman–Crippen MR) is 113 cm³/mol. The minimum Gasteiger partial charge on any atom is -0.497 e. The number of ether oxygens (including phenoxy) is 1. The smallest absolute Gasteiger partial charge is 0.244 e. The lowest BCUT2D eigenvalue weighted by molar-refractivity contribution is -0.132. The molecule has 0 heterocycles. The van der Waals surface area contributed by atoms with Crippen LogP contribution in [0.2, 0.25) is 0 Å². The Hall–Kier alpha value is -2.12. The summed E-state index contributed by atoms with van der Waals surface area (Å²) >= 11 is 3.02. The van der Waals surface area contributed by atoms with Crippen molar-refractivity contribution in [2.45, 2.75) is 22.0 Å². The van der Waals surface area contributed by atoms with Crippen molar-refractivity contribution in [3.8, 4) is 5.75 Å². The Bertz CT molecular complexity index is 781. The summed E-state index contributed by atoms with van der Waals surface area (Å²) in [5, 5.41) is 2.58. The number of nitrogens with zero attached hydrogens (tertiary/aromatic N) is 1. The molecule has 1 atom stereocenters. The number of nitrogens with one attached hydrogen (secondary N) is 1. The van der Waals surface area contributed by atoms with E-state index in [1.807, 2.05) is 61.7 Å². The topological polar surface area (TPSA) is 58.6 Å². The van der Waals surface area contributed by atoms with Gasteiger partial charge in [0, 0.05) is 16.8 Å². The molecular formula is C20H24N2O3S2. The molecule has 0 aliphatic heterocycles. The van der Waals surface area contributed by atoms with Gasteiger partial charge in [0.1, 0.15) is 5.75 Å². The monoisotopic (exact) mass is 404 g/mol. The second kappa shape index (κ2) is 10.3. The van der Waals surface area contributed by atoms with E-state index in [0.29, 0.717) is 0 Å². The molecule has 1 unspecified atom stereocenters. The van der Waals surface area contributed by atoms with Crippen LogP contribution >= 0.6 is 23.5 Å². The molecule has 2 amide bonds. The number of para-hydroxylation sites is 1. The van der Waals surface area contributed by atoms with Crippen LogP contribution in [0.3, 0.4) is 0 Å². The summed E-state index contributed by atoms with van der Waals surface area (Å²) in [6.07, 6.45) is 1.96. The minimum atomic E-state index is -0.297. The van der Waals surface area contributed by atoms with Crippen LogP contribution in [-0.2, 0) is 9.59 Å². The molecule has 0 aliphatic carbocycles.